The zero-order valence-corrected chi connectivity index (χ0v) is 8.99. The van der Waals surface area contributed by atoms with Crippen molar-refractivity contribution < 1.29 is 4.74 Å². The molecule has 1 aliphatic rings. The van der Waals surface area contributed by atoms with Gasteiger partial charge in [-0.05, 0) is 26.2 Å². The first kappa shape index (κ1) is 9.53. The lowest BCUT2D eigenvalue weighted by molar-refractivity contribution is -0.0143. The Morgan fingerprint density at radius 2 is 2.36 bits per heavy atom. The molecule has 0 spiro atoms. The van der Waals surface area contributed by atoms with E-state index in [4.69, 9.17) is 4.74 Å². The summed E-state index contributed by atoms with van der Waals surface area (Å²) in [7, 11) is 0. The maximum atomic E-state index is 5.89. The van der Waals surface area contributed by atoms with Gasteiger partial charge in [-0.3, -0.25) is 0 Å². The molecule has 66 valence electrons. The molecule has 2 atom stereocenters. The van der Waals surface area contributed by atoms with Gasteiger partial charge in [-0.1, -0.05) is 29.3 Å². The van der Waals surface area contributed by atoms with Gasteiger partial charge in [0.15, 0.2) is 0 Å². The third-order valence-corrected chi connectivity index (χ3v) is 3.53. The minimum Gasteiger partial charge on any atom is -0.371 e. The predicted molar refractivity (Wildman–Crippen MR) is 51.2 cm³/mol. The molecule has 0 radical (unpaired) electrons. The van der Waals surface area contributed by atoms with Crippen LogP contribution in [0.2, 0.25) is 0 Å². The molecule has 2 unspecified atom stereocenters. The molecule has 1 saturated heterocycles. The fraction of sp³-hybridized carbons (Fsp3) is 1.00. The van der Waals surface area contributed by atoms with E-state index in [2.05, 4.69) is 29.8 Å². The Morgan fingerprint density at radius 3 is 2.82 bits per heavy atom. The molecule has 0 saturated carbocycles. The molecular weight excluding hydrogens is 204 g/mol. The van der Waals surface area contributed by atoms with Crippen LogP contribution in [-0.4, -0.2) is 17.0 Å². The van der Waals surface area contributed by atoms with Crippen LogP contribution in [0.4, 0.5) is 0 Å². The molecule has 0 aromatic rings. The Kier molecular flexibility index (Phi) is 3.38. The number of rotatable bonds is 3. The molecule has 2 heteroatoms. The van der Waals surface area contributed by atoms with Crippen molar-refractivity contribution in [2.75, 3.05) is 5.33 Å². The van der Waals surface area contributed by atoms with Gasteiger partial charge in [0.1, 0.15) is 0 Å². The zero-order chi connectivity index (χ0) is 8.32. The van der Waals surface area contributed by atoms with Gasteiger partial charge in [-0.15, -0.1) is 0 Å². The van der Waals surface area contributed by atoms with E-state index in [0.29, 0.717) is 6.10 Å². The Labute approximate surface area is 77.6 Å². The standard InChI is InChI=1S/C9H17BrO/c1-3-4-8-5-6-9(2,7-10)11-8/h8H,3-7H2,1-2H3. The molecule has 0 bridgehead atoms. The van der Waals surface area contributed by atoms with Crippen molar-refractivity contribution in [3.8, 4) is 0 Å². The fourth-order valence-corrected chi connectivity index (χ4v) is 2.02. The second kappa shape index (κ2) is 3.90. The summed E-state index contributed by atoms with van der Waals surface area (Å²) in [5.41, 5.74) is 0.125. The van der Waals surface area contributed by atoms with Gasteiger partial charge in [-0.25, -0.2) is 0 Å². The van der Waals surface area contributed by atoms with Crippen molar-refractivity contribution in [2.45, 2.75) is 51.2 Å². The van der Waals surface area contributed by atoms with Crippen LogP contribution in [0.3, 0.4) is 0 Å². The van der Waals surface area contributed by atoms with Crippen molar-refractivity contribution in [1.29, 1.82) is 0 Å². The van der Waals surface area contributed by atoms with Gasteiger partial charge in [0.2, 0.25) is 0 Å². The van der Waals surface area contributed by atoms with Crippen molar-refractivity contribution in [2.24, 2.45) is 0 Å². The molecule has 1 fully saturated rings. The molecule has 0 N–H and O–H groups in total. The first-order chi connectivity index (χ1) is 5.20. The van der Waals surface area contributed by atoms with Crippen LogP contribution in [0.25, 0.3) is 0 Å². The second-order valence-electron chi connectivity index (χ2n) is 3.65. The maximum absolute atomic E-state index is 5.89. The van der Waals surface area contributed by atoms with Crippen LogP contribution in [0.1, 0.15) is 39.5 Å². The van der Waals surface area contributed by atoms with Crippen molar-refractivity contribution in [3.63, 3.8) is 0 Å². The summed E-state index contributed by atoms with van der Waals surface area (Å²) in [6.45, 7) is 4.41. The van der Waals surface area contributed by atoms with Gasteiger partial charge in [0.05, 0.1) is 11.7 Å². The van der Waals surface area contributed by atoms with E-state index in [9.17, 15) is 0 Å². The Morgan fingerprint density at radius 1 is 1.64 bits per heavy atom. The highest BCUT2D eigenvalue weighted by Gasteiger charge is 2.34. The van der Waals surface area contributed by atoms with E-state index in [1.165, 1.54) is 25.7 Å². The Hall–Kier alpha value is 0.440. The molecule has 1 aliphatic heterocycles. The van der Waals surface area contributed by atoms with E-state index in [0.717, 1.165) is 5.33 Å². The maximum Gasteiger partial charge on any atom is 0.0755 e. The highest BCUT2D eigenvalue weighted by Crippen LogP contribution is 2.33. The molecular formula is C9H17BrO. The minimum absolute atomic E-state index is 0.125. The first-order valence-electron chi connectivity index (χ1n) is 4.44. The molecule has 0 aliphatic carbocycles. The quantitative estimate of drug-likeness (QED) is 0.665. The lowest BCUT2D eigenvalue weighted by atomic mass is 10.0. The van der Waals surface area contributed by atoms with Crippen LogP contribution in [0.15, 0.2) is 0 Å². The summed E-state index contributed by atoms with van der Waals surface area (Å²) < 4.78 is 5.89. The molecule has 0 amide bonds. The van der Waals surface area contributed by atoms with Crippen LogP contribution in [0.5, 0.6) is 0 Å². The van der Waals surface area contributed by atoms with Crippen LogP contribution >= 0.6 is 15.9 Å². The fourth-order valence-electron chi connectivity index (χ4n) is 1.61. The van der Waals surface area contributed by atoms with Gasteiger partial charge in [-0.2, -0.15) is 0 Å². The average Bonchev–Trinajstić information content (AvgIpc) is 2.35. The monoisotopic (exact) mass is 220 g/mol. The van der Waals surface area contributed by atoms with Crippen molar-refractivity contribution in [1.82, 2.24) is 0 Å². The third-order valence-electron chi connectivity index (χ3n) is 2.34. The third kappa shape index (κ3) is 2.45. The van der Waals surface area contributed by atoms with Crippen molar-refractivity contribution in [3.05, 3.63) is 0 Å². The lowest BCUT2D eigenvalue weighted by Gasteiger charge is -2.21. The zero-order valence-electron chi connectivity index (χ0n) is 7.40. The van der Waals surface area contributed by atoms with Crippen LogP contribution in [-0.2, 0) is 4.74 Å². The van der Waals surface area contributed by atoms with Crippen LogP contribution in [0, 0.1) is 0 Å². The van der Waals surface area contributed by atoms with E-state index in [-0.39, 0.29) is 5.60 Å². The predicted octanol–water partition coefficient (Wildman–Crippen LogP) is 3.12. The summed E-state index contributed by atoms with van der Waals surface area (Å²) in [4.78, 5) is 0. The molecule has 1 heterocycles. The first-order valence-corrected chi connectivity index (χ1v) is 5.56. The number of hydrogen-bond acceptors (Lipinski definition) is 1. The van der Waals surface area contributed by atoms with Crippen molar-refractivity contribution >= 4 is 15.9 Å². The van der Waals surface area contributed by atoms with E-state index >= 15 is 0 Å². The molecule has 0 aromatic heterocycles. The highest BCUT2D eigenvalue weighted by molar-refractivity contribution is 9.09. The summed E-state index contributed by atoms with van der Waals surface area (Å²) in [5.74, 6) is 0. The Bertz CT molecular complexity index is 127. The molecule has 1 rings (SSSR count). The normalized spacial score (nSPS) is 37.9. The second-order valence-corrected chi connectivity index (χ2v) is 4.21. The van der Waals surface area contributed by atoms with E-state index < -0.39 is 0 Å². The number of hydrogen-bond donors (Lipinski definition) is 0. The average molecular weight is 221 g/mol. The van der Waals surface area contributed by atoms with E-state index in [1.807, 2.05) is 0 Å². The molecule has 0 aromatic carbocycles. The van der Waals surface area contributed by atoms with Crippen LogP contribution < -0.4 is 0 Å². The summed E-state index contributed by atoms with van der Waals surface area (Å²) >= 11 is 3.49. The topological polar surface area (TPSA) is 9.23 Å². The summed E-state index contributed by atoms with van der Waals surface area (Å²) in [6.07, 6.45) is 5.45. The Balaban J connectivity index is 2.33. The molecule has 1 nitrogen and oxygen atoms in total. The lowest BCUT2D eigenvalue weighted by Crippen LogP contribution is -2.26. The SMILES string of the molecule is CCCC1CCC(C)(CBr)O1. The van der Waals surface area contributed by atoms with Gasteiger partial charge < -0.3 is 4.74 Å². The minimum atomic E-state index is 0.125. The summed E-state index contributed by atoms with van der Waals surface area (Å²) in [6, 6.07) is 0. The van der Waals surface area contributed by atoms with Gasteiger partial charge in [0.25, 0.3) is 0 Å². The number of ether oxygens (including phenoxy) is 1. The van der Waals surface area contributed by atoms with E-state index in [1.54, 1.807) is 0 Å². The summed E-state index contributed by atoms with van der Waals surface area (Å²) in [5, 5.41) is 0.972. The van der Waals surface area contributed by atoms with Gasteiger partial charge >= 0.3 is 0 Å². The largest absolute Gasteiger partial charge is 0.371 e. The number of alkyl halides is 1. The molecule has 11 heavy (non-hydrogen) atoms. The smallest absolute Gasteiger partial charge is 0.0755 e. The highest BCUT2D eigenvalue weighted by atomic mass is 79.9. The number of halogens is 1. The van der Waals surface area contributed by atoms with Gasteiger partial charge in [0, 0.05) is 5.33 Å².